The molecule has 3 nitrogen and oxygen atoms in total. The largest absolute Gasteiger partial charge is 0.379 e. The van der Waals surface area contributed by atoms with Gasteiger partial charge in [-0.15, -0.1) is 0 Å². The van der Waals surface area contributed by atoms with E-state index in [2.05, 4.69) is 11.8 Å². The second-order valence-corrected chi connectivity index (χ2v) is 3.58. The van der Waals surface area contributed by atoms with Crippen molar-refractivity contribution in [3.8, 4) is 0 Å². The van der Waals surface area contributed by atoms with Crippen LogP contribution in [0.15, 0.2) is 0 Å². The summed E-state index contributed by atoms with van der Waals surface area (Å²) >= 11 is 0. The van der Waals surface area contributed by atoms with Crippen LogP contribution < -0.4 is 5.73 Å². The lowest BCUT2D eigenvalue weighted by Gasteiger charge is -2.27. The van der Waals surface area contributed by atoms with E-state index in [1.807, 2.05) is 0 Å². The SMILES string of the molecule is CC(CN)CCN1CCOCC1. The van der Waals surface area contributed by atoms with E-state index in [1.165, 1.54) is 13.0 Å². The summed E-state index contributed by atoms with van der Waals surface area (Å²) < 4.78 is 5.27. The Hall–Kier alpha value is -0.120. The predicted octanol–water partition coefficient (Wildman–Crippen LogP) is 0.304. The average molecular weight is 172 g/mol. The van der Waals surface area contributed by atoms with Crippen LogP contribution in [-0.4, -0.2) is 44.3 Å². The summed E-state index contributed by atoms with van der Waals surface area (Å²) in [5.74, 6) is 0.660. The molecule has 0 bridgehead atoms. The zero-order valence-electron chi connectivity index (χ0n) is 7.96. The minimum absolute atomic E-state index is 0.660. The fourth-order valence-corrected chi connectivity index (χ4v) is 1.35. The van der Waals surface area contributed by atoms with Crippen LogP contribution in [0.1, 0.15) is 13.3 Å². The maximum Gasteiger partial charge on any atom is 0.0594 e. The number of hydrogen-bond acceptors (Lipinski definition) is 3. The molecule has 0 amide bonds. The van der Waals surface area contributed by atoms with Crippen molar-refractivity contribution < 1.29 is 4.74 Å². The van der Waals surface area contributed by atoms with Crippen LogP contribution in [0, 0.1) is 5.92 Å². The zero-order valence-corrected chi connectivity index (χ0v) is 7.96. The third-order valence-corrected chi connectivity index (χ3v) is 2.44. The van der Waals surface area contributed by atoms with Crippen LogP contribution in [0.25, 0.3) is 0 Å². The monoisotopic (exact) mass is 172 g/mol. The van der Waals surface area contributed by atoms with Crippen LogP contribution in [0.4, 0.5) is 0 Å². The van der Waals surface area contributed by atoms with Gasteiger partial charge in [0.25, 0.3) is 0 Å². The minimum atomic E-state index is 0.660. The van der Waals surface area contributed by atoms with E-state index in [1.54, 1.807) is 0 Å². The Bertz CT molecular complexity index is 113. The Labute approximate surface area is 74.9 Å². The van der Waals surface area contributed by atoms with E-state index in [4.69, 9.17) is 10.5 Å². The maximum atomic E-state index is 5.54. The molecule has 72 valence electrons. The normalized spacial score (nSPS) is 22.5. The van der Waals surface area contributed by atoms with E-state index in [9.17, 15) is 0 Å². The molecule has 1 fully saturated rings. The highest BCUT2D eigenvalue weighted by Gasteiger charge is 2.10. The van der Waals surface area contributed by atoms with Gasteiger partial charge in [-0.05, 0) is 25.4 Å². The number of nitrogens with zero attached hydrogens (tertiary/aromatic N) is 1. The van der Waals surface area contributed by atoms with Crippen molar-refractivity contribution in [1.29, 1.82) is 0 Å². The number of nitrogens with two attached hydrogens (primary N) is 1. The van der Waals surface area contributed by atoms with Gasteiger partial charge in [0.1, 0.15) is 0 Å². The molecule has 1 atom stereocenters. The van der Waals surface area contributed by atoms with Gasteiger partial charge < -0.3 is 10.5 Å². The molecule has 1 saturated heterocycles. The molecule has 0 spiro atoms. The highest BCUT2D eigenvalue weighted by Crippen LogP contribution is 2.03. The highest BCUT2D eigenvalue weighted by atomic mass is 16.5. The van der Waals surface area contributed by atoms with E-state index in [0.717, 1.165) is 32.8 Å². The quantitative estimate of drug-likeness (QED) is 0.663. The van der Waals surface area contributed by atoms with Gasteiger partial charge in [-0.1, -0.05) is 6.92 Å². The van der Waals surface area contributed by atoms with Crippen molar-refractivity contribution in [2.24, 2.45) is 11.7 Å². The van der Waals surface area contributed by atoms with Gasteiger partial charge in [0.15, 0.2) is 0 Å². The topological polar surface area (TPSA) is 38.5 Å². The van der Waals surface area contributed by atoms with E-state index in [-0.39, 0.29) is 0 Å². The van der Waals surface area contributed by atoms with Gasteiger partial charge in [-0.2, -0.15) is 0 Å². The predicted molar refractivity (Wildman–Crippen MR) is 50.1 cm³/mol. The molecule has 2 N–H and O–H groups in total. The lowest BCUT2D eigenvalue weighted by molar-refractivity contribution is 0.0358. The van der Waals surface area contributed by atoms with Crippen molar-refractivity contribution >= 4 is 0 Å². The Morgan fingerprint density at radius 1 is 1.42 bits per heavy atom. The summed E-state index contributed by atoms with van der Waals surface area (Å²) in [5.41, 5.74) is 5.54. The van der Waals surface area contributed by atoms with Crippen molar-refractivity contribution in [2.75, 3.05) is 39.4 Å². The maximum absolute atomic E-state index is 5.54. The van der Waals surface area contributed by atoms with Crippen LogP contribution in [0.3, 0.4) is 0 Å². The number of morpholine rings is 1. The fraction of sp³-hybridized carbons (Fsp3) is 1.00. The first-order valence-corrected chi connectivity index (χ1v) is 4.83. The minimum Gasteiger partial charge on any atom is -0.379 e. The molecular formula is C9H20N2O. The van der Waals surface area contributed by atoms with E-state index in [0.29, 0.717) is 5.92 Å². The molecule has 1 heterocycles. The molecule has 0 aromatic heterocycles. The molecule has 1 aliphatic rings. The van der Waals surface area contributed by atoms with Crippen LogP contribution >= 0.6 is 0 Å². The molecule has 1 unspecified atom stereocenters. The van der Waals surface area contributed by atoms with Gasteiger partial charge in [0.2, 0.25) is 0 Å². The van der Waals surface area contributed by atoms with Crippen LogP contribution in [0.2, 0.25) is 0 Å². The zero-order chi connectivity index (χ0) is 8.81. The van der Waals surface area contributed by atoms with Gasteiger partial charge in [-0.25, -0.2) is 0 Å². The number of rotatable bonds is 4. The molecular weight excluding hydrogens is 152 g/mol. The summed E-state index contributed by atoms with van der Waals surface area (Å²) in [4.78, 5) is 2.45. The van der Waals surface area contributed by atoms with Gasteiger partial charge in [-0.3, -0.25) is 4.90 Å². The van der Waals surface area contributed by atoms with Gasteiger partial charge in [0, 0.05) is 13.1 Å². The Morgan fingerprint density at radius 2 is 2.08 bits per heavy atom. The molecule has 3 heteroatoms. The van der Waals surface area contributed by atoms with Crippen molar-refractivity contribution in [1.82, 2.24) is 4.90 Å². The second kappa shape index (κ2) is 5.51. The van der Waals surface area contributed by atoms with E-state index >= 15 is 0 Å². The molecule has 0 aromatic rings. The fourth-order valence-electron chi connectivity index (χ4n) is 1.35. The van der Waals surface area contributed by atoms with Crippen molar-refractivity contribution in [3.63, 3.8) is 0 Å². The highest BCUT2D eigenvalue weighted by molar-refractivity contribution is 4.64. The summed E-state index contributed by atoms with van der Waals surface area (Å²) in [6.45, 7) is 8.19. The molecule has 0 radical (unpaired) electrons. The molecule has 1 aliphatic heterocycles. The van der Waals surface area contributed by atoms with Crippen molar-refractivity contribution in [2.45, 2.75) is 13.3 Å². The molecule has 12 heavy (non-hydrogen) atoms. The second-order valence-electron chi connectivity index (χ2n) is 3.58. The number of hydrogen-bond donors (Lipinski definition) is 1. The Morgan fingerprint density at radius 3 is 2.67 bits per heavy atom. The Balaban J connectivity index is 2.05. The molecule has 0 aliphatic carbocycles. The first kappa shape index (κ1) is 9.96. The van der Waals surface area contributed by atoms with Crippen LogP contribution in [-0.2, 0) is 4.74 Å². The smallest absolute Gasteiger partial charge is 0.0594 e. The molecule has 0 aromatic carbocycles. The summed E-state index contributed by atoms with van der Waals surface area (Å²) in [7, 11) is 0. The molecule has 0 saturated carbocycles. The lowest BCUT2D eigenvalue weighted by Crippen LogP contribution is -2.37. The van der Waals surface area contributed by atoms with E-state index < -0.39 is 0 Å². The van der Waals surface area contributed by atoms with Gasteiger partial charge >= 0.3 is 0 Å². The number of ether oxygens (including phenoxy) is 1. The Kier molecular flexibility index (Phi) is 4.58. The summed E-state index contributed by atoms with van der Waals surface area (Å²) in [5, 5.41) is 0. The summed E-state index contributed by atoms with van der Waals surface area (Å²) in [6.07, 6.45) is 1.22. The first-order chi connectivity index (χ1) is 5.83. The van der Waals surface area contributed by atoms with Crippen molar-refractivity contribution in [3.05, 3.63) is 0 Å². The third kappa shape index (κ3) is 3.52. The first-order valence-electron chi connectivity index (χ1n) is 4.83. The average Bonchev–Trinajstić information content (AvgIpc) is 2.16. The van der Waals surface area contributed by atoms with Crippen LogP contribution in [0.5, 0.6) is 0 Å². The molecule has 1 rings (SSSR count). The standard InChI is InChI=1S/C9H20N2O/c1-9(8-10)2-3-11-4-6-12-7-5-11/h9H,2-8,10H2,1H3. The lowest BCUT2D eigenvalue weighted by atomic mass is 10.1. The third-order valence-electron chi connectivity index (χ3n) is 2.44. The van der Waals surface area contributed by atoms with Gasteiger partial charge in [0.05, 0.1) is 13.2 Å². The summed E-state index contributed by atoms with van der Waals surface area (Å²) in [6, 6.07) is 0.